The Morgan fingerprint density at radius 1 is 1.43 bits per heavy atom. The maximum absolute atomic E-state index is 12.1. The fraction of sp³-hybridized carbons (Fsp3) is 0.643. The van der Waals surface area contributed by atoms with Crippen molar-refractivity contribution in [2.75, 3.05) is 6.54 Å². The standard InChI is InChI=1S/C14H20N2O4S/c1-14(2,3)20-13(19)16-7-6-9-10(8-16)21-11(15-9)4-5-12(17)18/h4-8H2,1-3H3,(H,17,18). The largest absolute Gasteiger partial charge is 0.481 e. The number of carboxylic acids is 1. The van der Waals surface area contributed by atoms with Gasteiger partial charge in [-0.3, -0.25) is 4.79 Å². The highest BCUT2D eigenvalue weighted by atomic mass is 32.1. The molecule has 2 heterocycles. The third-order valence-electron chi connectivity index (χ3n) is 2.98. The molecule has 0 aliphatic carbocycles. The van der Waals surface area contributed by atoms with Crippen molar-refractivity contribution in [2.45, 2.75) is 52.2 Å². The van der Waals surface area contributed by atoms with Crippen molar-refractivity contribution in [3.8, 4) is 0 Å². The van der Waals surface area contributed by atoms with Gasteiger partial charge in [-0.1, -0.05) is 0 Å². The maximum atomic E-state index is 12.1. The highest BCUT2D eigenvalue weighted by Gasteiger charge is 2.27. The first-order valence-electron chi connectivity index (χ1n) is 6.92. The Morgan fingerprint density at radius 3 is 2.76 bits per heavy atom. The van der Waals surface area contributed by atoms with Crippen LogP contribution in [0, 0.1) is 0 Å². The van der Waals surface area contributed by atoms with Crippen LogP contribution >= 0.6 is 11.3 Å². The summed E-state index contributed by atoms with van der Waals surface area (Å²) in [5, 5.41) is 9.54. The number of fused-ring (bicyclic) bond motifs is 1. The van der Waals surface area contributed by atoms with Crippen LogP contribution < -0.4 is 0 Å². The Kier molecular flexibility index (Phi) is 4.51. The highest BCUT2D eigenvalue weighted by molar-refractivity contribution is 7.11. The Labute approximate surface area is 127 Å². The molecule has 1 aromatic rings. The number of carboxylic acid groups (broad SMARTS) is 1. The molecule has 1 amide bonds. The van der Waals surface area contributed by atoms with Crippen molar-refractivity contribution in [2.24, 2.45) is 0 Å². The number of carbonyl (C=O) groups is 2. The van der Waals surface area contributed by atoms with Crippen molar-refractivity contribution in [1.29, 1.82) is 0 Å². The lowest BCUT2D eigenvalue weighted by molar-refractivity contribution is -0.136. The summed E-state index contributed by atoms with van der Waals surface area (Å²) in [7, 11) is 0. The van der Waals surface area contributed by atoms with Gasteiger partial charge in [-0.05, 0) is 20.8 Å². The quantitative estimate of drug-likeness (QED) is 0.927. The first-order chi connectivity index (χ1) is 9.74. The molecule has 1 aliphatic rings. The second-order valence-electron chi connectivity index (χ2n) is 6.02. The van der Waals surface area contributed by atoms with E-state index in [-0.39, 0.29) is 12.5 Å². The molecule has 1 N–H and O–H groups in total. The minimum Gasteiger partial charge on any atom is -0.481 e. The van der Waals surface area contributed by atoms with E-state index in [9.17, 15) is 9.59 Å². The van der Waals surface area contributed by atoms with Crippen molar-refractivity contribution in [3.63, 3.8) is 0 Å². The third kappa shape index (κ3) is 4.42. The van der Waals surface area contributed by atoms with Gasteiger partial charge in [-0.2, -0.15) is 0 Å². The van der Waals surface area contributed by atoms with Gasteiger partial charge in [0.1, 0.15) is 5.60 Å². The third-order valence-corrected chi connectivity index (χ3v) is 4.12. The molecule has 21 heavy (non-hydrogen) atoms. The second kappa shape index (κ2) is 6.01. The van der Waals surface area contributed by atoms with E-state index in [1.54, 1.807) is 4.90 Å². The summed E-state index contributed by atoms with van der Waals surface area (Å²) >= 11 is 1.49. The highest BCUT2D eigenvalue weighted by Crippen LogP contribution is 2.26. The predicted octanol–water partition coefficient (Wildman–Crippen LogP) is 2.45. The molecular formula is C14H20N2O4S. The molecular weight excluding hydrogens is 292 g/mol. The van der Waals surface area contributed by atoms with E-state index in [1.807, 2.05) is 20.8 Å². The number of nitrogens with zero attached hydrogens (tertiary/aromatic N) is 2. The first-order valence-corrected chi connectivity index (χ1v) is 7.73. The topological polar surface area (TPSA) is 79.7 Å². The number of thiazole rings is 1. The average Bonchev–Trinajstić information content (AvgIpc) is 2.75. The zero-order chi connectivity index (χ0) is 15.6. The number of aliphatic carboxylic acids is 1. The second-order valence-corrected chi connectivity index (χ2v) is 7.19. The number of ether oxygens (including phenoxy) is 1. The van der Waals surface area contributed by atoms with E-state index in [0.29, 0.717) is 25.9 Å². The summed E-state index contributed by atoms with van der Waals surface area (Å²) in [6, 6.07) is 0. The minimum absolute atomic E-state index is 0.0855. The number of aromatic nitrogens is 1. The van der Waals surface area contributed by atoms with Crippen LogP contribution in [0.2, 0.25) is 0 Å². The van der Waals surface area contributed by atoms with Gasteiger partial charge in [-0.25, -0.2) is 9.78 Å². The normalized spacial score (nSPS) is 14.7. The van der Waals surface area contributed by atoms with Gasteiger partial charge in [0.25, 0.3) is 0 Å². The van der Waals surface area contributed by atoms with E-state index in [1.165, 1.54) is 11.3 Å². The Bertz CT molecular complexity index is 548. The van der Waals surface area contributed by atoms with Crippen molar-refractivity contribution in [1.82, 2.24) is 9.88 Å². The van der Waals surface area contributed by atoms with Gasteiger partial charge in [0, 0.05) is 24.3 Å². The fourth-order valence-electron chi connectivity index (χ4n) is 2.05. The monoisotopic (exact) mass is 312 g/mol. The van der Waals surface area contributed by atoms with Gasteiger partial charge in [-0.15, -0.1) is 11.3 Å². The van der Waals surface area contributed by atoms with Gasteiger partial charge in [0.15, 0.2) is 0 Å². The molecule has 0 spiro atoms. The molecule has 2 rings (SSSR count). The maximum Gasteiger partial charge on any atom is 0.410 e. The number of hydrogen-bond acceptors (Lipinski definition) is 5. The molecule has 0 saturated heterocycles. The summed E-state index contributed by atoms with van der Waals surface area (Å²) in [6.45, 7) is 6.62. The molecule has 0 aromatic carbocycles. The molecule has 1 aromatic heterocycles. The van der Waals surface area contributed by atoms with Crippen LogP contribution in [0.25, 0.3) is 0 Å². The number of rotatable bonds is 3. The Hall–Kier alpha value is -1.63. The zero-order valence-electron chi connectivity index (χ0n) is 12.5. The van der Waals surface area contributed by atoms with Crippen LogP contribution in [0.5, 0.6) is 0 Å². The summed E-state index contributed by atoms with van der Waals surface area (Å²) in [5.74, 6) is -0.821. The minimum atomic E-state index is -0.821. The Morgan fingerprint density at radius 2 is 2.14 bits per heavy atom. The van der Waals surface area contributed by atoms with Crippen LogP contribution in [-0.4, -0.2) is 39.2 Å². The molecule has 116 valence electrons. The molecule has 0 unspecified atom stereocenters. The predicted molar refractivity (Wildman–Crippen MR) is 78.4 cm³/mol. The molecule has 0 saturated carbocycles. The molecule has 0 bridgehead atoms. The van der Waals surface area contributed by atoms with E-state index in [2.05, 4.69) is 4.98 Å². The van der Waals surface area contributed by atoms with Gasteiger partial charge in [0.2, 0.25) is 0 Å². The zero-order valence-corrected chi connectivity index (χ0v) is 13.3. The van der Waals surface area contributed by atoms with Crippen LogP contribution in [-0.2, 0) is 28.9 Å². The van der Waals surface area contributed by atoms with Crippen LogP contribution in [0.1, 0.15) is 42.8 Å². The summed E-state index contributed by atoms with van der Waals surface area (Å²) < 4.78 is 5.37. The lowest BCUT2D eigenvalue weighted by Crippen LogP contribution is -2.39. The lowest BCUT2D eigenvalue weighted by Gasteiger charge is -2.29. The molecule has 1 aliphatic heterocycles. The summed E-state index contributed by atoms with van der Waals surface area (Å²) in [6.07, 6.45) is 0.911. The smallest absolute Gasteiger partial charge is 0.410 e. The van der Waals surface area contributed by atoms with Crippen LogP contribution in [0.15, 0.2) is 0 Å². The lowest BCUT2D eigenvalue weighted by atomic mass is 10.2. The SMILES string of the molecule is CC(C)(C)OC(=O)N1CCc2nc(CCC(=O)O)sc2C1. The van der Waals surface area contributed by atoms with Crippen molar-refractivity contribution < 1.29 is 19.4 Å². The van der Waals surface area contributed by atoms with E-state index < -0.39 is 11.6 Å². The van der Waals surface area contributed by atoms with E-state index in [0.717, 1.165) is 15.6 Å². The fourth-order valence-corrected chi connectivity index (χ4v) is 3.18. The van der Waals surface area contributed by atoms with Crippen LogP contribution in [0.3, 0.4) is 0 Å². The molecule has 7 heteroatoms. The first kappa shape index (κ1) is 15.8. The van der Waals surface area contributed by atoms with Gasteiger partial charge in [0.05, 0.1) is 23.7 Å². The number of aryl methyl sites for hydroxylation is 1. The molecule has 6 nitrogen and oxygen atoms in total. The molecule has 0 atom stereocenters. The van der Waals surface area contributed by atoms with Crippen LogP contribution in [0.4, 0.5) is 4.79 Å². The number of carbonyl (C=O) groups excluding carboxylic acids is 1. The molecule has 0 radical (unpaired) electrons. The number of hydrogen-bond donors (Lipinski definition) is 1. The van der Waals surface area contributed by atoms with Gasteiger partial charge >= 0.3 is 12.1 Å². The summed E-state index contributed by atoms with van der Waals surface area (Å²) in [5.41, 5.74) is 0.484. The van der Waals surface area contributed by atoms with E-state index >= 15 is 0 Å². The van der Waals surface area contributed by atoms with Crippen molar-refractivity contribution >= 4 is 23.4 Å². The summed E-state index contributed by atoms with van der Waals surface area (Å²) in [4.78, 5) is 29.8. The van der Waals surface area contributed by atoms with Crippen molar-refractivity contribution in [3.05, 3.63) is 15.6 Å². The Balaban J connectivity index is 2.00. The van der Waals surface area contributed by atoms with E-state index in [4.69, 9.17) is 9.84 Å². The van der Waals surface area contributed by atoms with Gasteiger partial charge < -0.3 is 14.7 Å². The average molecular weight is 312 g/mol. The number of amides is 1. The molecule has 0 fully saturated rings.